The molecule has 1 heterocycles. The number of hydrogen-bond donors (Lipinski definition) is 1. The van der Waals surface area contributed by atoms with E-state index in [1.54, 1.807) is 0 Å². The van der Waals surface area contributed by atoms with Gasteiger partial charge in [0.1, 0.15) is 5.75 Å². The average Bonchev–Trinajstić information content (AvgIpc) is 2.49. The highest BCUT2D eigenvalue weighted by molar-refractivity contribution is 5.37. The minimum atomic E-state index is 0.533. The molecule has 0 amide bonds. The first-order valence-electron chi connectivity index (χ1n) is 7.66. The zero-order chi connectivity index (χ0) is 14.4. The van der Waals surface area contributed by atoms with E-state index in [2.05, 4.69) is 34.9 Å². The Morgan fingerprint density at radius 1 is 1.10 bits per heavy atom. The SMILES string of the molecule is CCOc1cc(CN2CCN(CC)CC2)ccc1CN. The number of benzene rings is 1. The molecule has 0 radical (unpaired) electrons. The summed E-state index contributed by atoms with van der Waals surface area (Å²) in [5, 5.41) is 0. The molecule has 2 N–H and O–H groups in total. The lowest BCUT2D eigenvalue weighted by molar-refractivity contribution is 0.132. The van der Waals surface area contributed by atoms with Crippen molar-refractivity contribution in [1.29, 1.82) is 0 Å². The smallest absolute Gasteiger partial charge is 0.124 e. The maximum Gasteiger partial charge on any atom is 0.124 e. The van der Waals surface area contributed by atoms with E-state index in [1.807, 2.05) is 6.92 Å². The minimum absolute atomic E-state index is 0.533. The molecule has 0 aliphatic carbocycles. The summed E-state index contributed by atoms with van der Waals surface area (Å²) in [4.78, 5) is 5.01. The van der Waals surface area contributed by atoms with E-state index in [0.717, 1.165) is 37.5 Å². The summed E-state index contributed by atoms with van der Waals surface area (Å²) in [6.07, 6.45) is 0. The summed E-state index contributed by atoms with van der Waals surface area (Å²) in [7, 11) is 0. The van der Waals surface area contributed by atoms with E-state index in [4.69, 9.17) is 10.5 Å². The van der Waals surface area contributed by atoms with Crippen molar-refractivity contribution in [3.05, 3.63) is 29.3 Å². The van der Waals surface area contributed by atoms with Gasteiger partial charge in [0, 0.05) is 44.8 Å². The molecular formula is C16H27N3O. The highest BCUT2D eigenvalue weighted by Gasteiger charge is 2.16. The van der Waals surface area contributed by atoms with Gasteiger partial charge in [-0.2, -0.15) is 0 Å². The average molecular weight is 277 g/mol. The van der Waals surface area contributed by atoms with Crippen molar-refractivity contribution in [2.24, 2.45) is 5.73 Å². The number of hydrogen-bond acceptors (Lipinski definition) is 4. The molecule has 4 heteroatoms. The van der Waals surface area contributed by atoms with Crippen LogP contribution in [0.5, 0.6) is 5.75 Å². The first-order valence-corrected chi connectivity index (χ1v) is 7.66. The highest BCUT2D eigenvalue weighted by Crippen LogP contribution is 2.21. The maximum atomic E-state index is 5.75. The fourth-order valence-electron chi connectivity index (χ4n) is 2.68. The van der Waals surface area contributed by atoms with Crippen molar-refractivity contribution in [3.8, 4) is 5.75 Å². The maximum absolute atomic E-state index is 5.75. The quantitative estimate of drug-likeness (QED) is 0.859. The third-order valence-electron chi connectivity index (χ3n) is 3.97. The number of piperazine rings is 1. The number of ether oxygens (including phenoxy) is 1. The summed E-state index contributed by atoms with van der Waals surface area (Å²) in [6, 6.07) is 6.43. The Hall–Kier alpha value is -1.10. The van der Waals surface area contributed by atoms with Crippen LogP contribution >= 0.6 is 0 Å². The van der Waals surface area contributed by atoms with Crippen molar-refractivity contribution in [2.75, 3.05) is 39.3 Å². The van der Waals surface area contributed by atoms with E-state index < -0.39 is 0 Å². The number of nitrogens with zero attached hydrogens (tertiary/aromatic N) is 2. The van der Waals surface area contributed by atoms with Gasteiger partial charge in [0.25, 0.3) is 0 Å². The molecule has 0 bridgehead atoms. The Kier molecular flexibility index (Phi) is 5.83. The summed E-state index contributed by atoms with van der Waals surface area (Å²) in [6.45, 7) is 12.3. The molecule has 0 spiro atoms. The molecule has 2 rings (SSSR count). The molecule has 1 fully saturated rings. The second-order valence-corrected chi connectivity index (χ2v) is 5.29. The second kappa shape index (κ2) is 7.62. The van der Waals surface area contributed by atoms with Crippen molar-refractivity contribution in [1.82, 2.24) is 9.80 Å². The predicted molar refractivity (Wildman–Crippen MR) is 82.9 cm³/mol. The van der Waals surface area contributed by atoms with Gasteiger partial charge in [0.2, 0.25) is 0 Å². The van der Waals surface area contributed by atoms with Crippen molar-refractivity contribution >= 4 is 0 Å². The molecule has 1 aliphatic heterocycles. The van der Waals surface area contributed by atoms with Crippen LogP contribution < -0.4 is 10.5 Å². The topological polar surface area (TPSA) is 41.7 Å². The van der Waals surface area contributed by atoms with Crippen LogP contribution in [0, 0.1) is 0 Å². The van der Waals surface area contributed by atoms with E-state index in [-0.39, 0.29) is 0 Å². The molecular weight excluding hydrogens is 250 g/mol. The molecule has 0 saturated carbocycles. The van der Waals surface area contributed by atoms with Crippen LogP contribution in [0.15, 0.2) is 18.2 Å². The second-order valence-electron chi connectivity index (χ2n) is 5.29. The summed E-state index contributed by atoms with van der Waals surface area (Å²) in [5.41, 5.74) is 8.15. The van der Waals surface area contributed by atoms with Crippen LogP contribution in [0.25, 0.3) is 0 Å². The van der Waals surface area contributed by atoms with Gasteiger partial charge in [0.15, 0.2) is 0 Å². The van der Waals surface area contributed by atoms with E-state index in [0.29, 0.717) is 13.2 Å². The van der Waals surface area contributed by atoms with Gasteiger partial charge in [-0.05, 0) is 25.1 Å². The number of likely N-dealkylation sites (N-methyl/N-ethyl adjacent to an activating group) is 1. The van der Waals surface area contributed by atoms with Crippen molar-refractivity contribution in [2.45, 2.75) is 26.9 Å². The van der Waals surface area contributed by atoms with Crippen LogP contribution in [-0.2, 0) is 13.1 Å². The lowest BCUT2D eigenvalue weighted by atomic mass is 10.1. The molecule has 0 unspecified atom stereocenters. The zero-order valence-electron chi connectivity index (χ0n) is 12.8. The molecule has 20 heavy (non-hydrogen) atoms. The molecule has 1 aliphatic rings. The molecule has 1 aromatic carbocycles. The molecule has 0 atom stereocenters. The first kappa shape index (κ1) is 15.3. The Labute approximate surface area is 122 Å². The summed E-state index contributed by atoms with van der Waals surface area (Å²) in [5.74, 6) is 0.944. The van der Waals surface area contributed by atoms with Crippen LogP contribution in [0.3, 0.4) is 0 Å². The monoisotopic (exact) mass is 277 g/mol. The number of rotatable bonds is 6. The molecule has 112 valence electrons. The van der Waals surface area contributed by atoms with Crippen LogP contribution in [0.2, 0.25) is 0 Å². The van der Waals surface area contributed by atoms with E-state index >= 15 is 0 Å². The highest BCUT2D eigenvalue weighted by atomic mass is 16.5. The standard InChI is InChI=1S/C16H27N3O/c1-3-18-7-9-19(10-8-18)13-14-5-6-15(12-17)16(11-14)20-4-2/h5-6,11H,3-4,7-10,12-13,17H2,1-2H3. The van der Waals surface area contributed by atoms with Gasteiger partial charge in [-0.15, -0.1) is 0 Å². The van der Waals surface area contributed by atoms with E-state index in [9.17, 15) is 0 Å². The van der Waals surface area contributed by atoms with Crippen molar-refractivity contribution in [3.63, 3.8) is 0 Å². The fraction of sp³-hybridized carbons (Fsp3) is 0.625. The Morgan fingerprint density at radius 2 is 1.80 bits per heavy atom. The third kappa shape index (κ3) is 3.95. The summed E-state index contributed by atoms with van der Waals surface area (Å²) < 4.78 is 5.69. The van der Waals surface area contributed by atoms with Gasteiger partial charge in [-0.25, -0.2) is 0 Å². The molecule has 1 saturated heterocycles. The normalized spacial score (nSPS) is 17.4. The van der Waals surface area contributed by atoms with Crippen LogP contribution in [0.1, 0.15) is 25.0 Å². The predicted octanol–water partition coefficient (Wildman–Crippen LogP) is 1.68. The fourth-order valence-corrected chi connectivity index (χ4v) is 2.68. The lowest BCUT2D eigenvalue weighted by Gasteiger charge is -2.34. The van der Waals surface area contributed by atoms with E-state index in [1.165, 1.54) is 18.7 Å². The Morgan fingerprint density at radius 3 is 2.40 bits per heavy atom. The van der Waals surface area contributed by atoms with Crippen LogP contribution in [-0.4, -0.2) is 49.1 Å². The molecule has 0 aromatic heterocycles. The van der Waals surface area contributed by atoms with Gasteiger partial charge < -0.3 is 15.4 Å². The molecule has 1 aromatic rings. The van der Waals surface area contributed by atoms with Gasteiger partial charge >= 0.3 is 0 Å². The zero-order valence-corrected chi connectivity index (χ0v) is 12.8. The number of nitrogens with two attached hydrogens (primary N) is 1. The first-order chi connectivity index (χ1) is 9.76. The Balaban J connectivity index is 1.97. The van der Waals surface area contributed by atoms with Crippen LogP contribution in [0.4, 0.5) is 0 Å². The minimum Gasteiger partial charge on any atom is -0.494 e. The van der Waals surface area contributed by atoms with Gasteiger partial charge in [0.05, 0.1) is 6.61 Å². The van der Waals surface area contributed by atoms with Gasteiger partial charge in [-0.3, -0.25) is 4.90 Å². The Bertz CT molecular complexity index is 414. The van der Waals surface area contributed by atoms with Gasteiger partial charge in [-0.1, -0.05) is 19.1 Å². The largest absolute Gasteiger partial charge is 0.494 e. The van der Waals surface area contributed by atoms with Crippen molar-refractivity contribution < 1.29 is 4.74 Å². The third-order valence-corrected chi connectivity index (χ3v) is 3.97. The summed E-state index contributed by atoms with van der Waals surface area (Å²) >= 11 is 0. The molecule has 4 nitrogen and oxygen atoms in total. The lowest BCUT2D eigenvalue weighted by Crippen LogP contribution is -2.45.